The van der Waals surface area contributed by atoms with Gasteiger partial charge in [-0.05, 0) is 30.2 Å². The molecule has 0 bridgehead atoms. The number of imide groups is 1. The van der Waals surface area contributed by atoms with Crippen molar-refractivity contribution in [3.8, 4) is 0 Å². The Balaban J connectivity index is 1.77. The lowest BCUT2D eigenvalue weighted by Crippen LogP contribution is -2.52. The topological polar surface area (TPSA) is 117 Å². The van der Waals surface area contributed by atoms with E-state index in [1.165, 1.54) is 12.1 Å². The lowest BCUT2D eigenvalue weighted by molar-refractivity contribution is -0.126. The summed E-state index contributed by atoms with van der Waals surface area (Å²) < 4.78 is 5.09. The quantitative estimate of drug-likeness (QED) is 0.750. The highest BCUT2D eigenvalue weighted by molar-refractivity contribution is 6.22. The molecule has 0 spiro atoms. The molecule has 2 N–H and O–H groups in total. The van der Waals surface area contributed by atoms with Gasteiger partial charge in [-0.1, -0.05) is 26.0 Å². The van der Waals surface area contributed by atoms with Gasteiger partial charge in [0.1, 0.15) is 11.8 Å². The summed E-state index contributed by atoms with van der Waals surface area (Å²) >= 11 is 0. The van der Waals surface area contributed by atoms with Crippen LogP contribution in [0.5, 0.6) is 0 Å². The molecule has 8 heteroatoms. The monoisotopic (exact) mass is 370 g/mol. The summed E-state index contributed by atoms with van der Waals surface area (Å²) in [5.41, 5.74) is 0.552. The van der Waals surface area contributed by atoms with Gasteiger partial charge in [0.25, 0.3) is 11.8 Å². The van der Waals surface area contributed by atoms with Gasteiger partial charge in [-0.25, -0.2) is 4.79 Å². The molecule has 1 aromatic heterocycles. The number of furan rings is 1. The average molecular weight is 370 g/mol. The zero-order valence-corrected chi connectivity index (χ0v) is 14.8. The summed E-state index contributed by atoms with van der Waals surface area (Å²) in [6, 6.07) is 8.17. The van der Waals surface area contributed by atoms with Crippen LogP contribution in [0.4, 0.5) is 0 Å². The third-order valence-electron chi connectivity index (χ3n) is 4.31. The molecule has 0 radical (unpaired) electrons. The number of hydrogen-bond acceptors (Lipinski definition) is 5. The van der Waals surface area contributed by atoms with Crippen molar-refractivity contribution >= 4 is 23.7 Å². The van der Waals surface area contributed by atoms with E-state index in [1.54, 1.807) is 38.1 Å². The van der Waals surface area contributed by atoms with Crippen LogP contribution in [0.25, 0.3) is 0 Å². The minimum atomic E-state index is -1.21. The van der Waals surface area contributed by atoms with Gasteiger partial charge in [-0.15, -0.1) is 0 Å². The van der Waals surface area contributed by atoms with Gasteiger partial charge >= 0.3 is 5.97 Å². The zero-order valence-electron chi connectivity index (χ0n) is 14.8. The van der Waals surface area contributed by atoms with E-state index >= 15 is 0 Å². The molecule has 3 amide bonds. The molecular weight excluding hydrogens is 352 g/mol. The number of carbonyl (C=O) groups is 4. The van der Waals surface area contributed by atoms with E-state index < -0.39 is 29.7 Å². The molecule has 8 nitrogen and oxygen atoms in total. The molecule has 27 heavy (non-hydrogen) atoms. The van der Waals surface area contributed by atoms with Gasteiger partial charge in [-0.3, -0.25) is 19.3 Å². The van der Waals surface area contributed by atoms with E-state index in [4.69, 9.17) is 9.52 Å². The van der Waals surface area contributed by atoms with Gasteiger partial charge in [0.15, 0.2) is 0 Å². The van der Waals surface area contributed by atoms with Crippen molar-refractivity contribution in [1.29, 1.82) is 0 Å². The van der Waals surface area contributed by atoms with Crippen molar-refractivity contribution in [2.75, 3.05) is 0 Å². The fourth-order valence-corrected chi connectivity index (χ4v) is 3.05. The van der Waals surface area contributed by atoms with Crippen LogP contribution in [0.15, 0.2) is 40.8 Å². The second kappa shape index (κ2) is 7.06. The predicted molar refractivity (Wildman–Crippen MR) is 93.1 cm³/mol. The Bertz CT molecular complexity index is 895. The van der Waals surface area contributed by atoms with Crippen molar-refractivity contribution in [2.45, 2.75) is 26.4 Å². The molecule has 1 aliphatic heterocycles. The van der Waals surface area contributed by atoms with Gasteiger partial charge in [0, 0.05) is 0 Å². The normalized spacial score (nSPS) is 14.4. The number of nitrogens with zero attached hydrogens (tertiary/aromatic N) is 1. The average Bonchev–Trinajstić information content (AvgIpc) is 3.20. The number of amides is 3. The Labute approximate surface area is 154 Å². The largest absolute Gasteiger partial charge is 0.475 e. The molecule has 2 aromatic rings. The fraction of sp³-hybridized carbons (Fsp3) is 0.263. The maximum Gasteiger partial charge on any atom is 0.371 e. The Hall–Kier alpha value is -3.42. The maximum atomic E-state index is 12.7. The van der Waals surface area contributed by atoms with Crippen LogP contribution in [0.2, 0.25) is 0 Å². The summed E-state index contributed by atoms with van der Waals surface area (Å²) in [7, 11) is 0. The van der Waals surface area contributed by atoms with Crippen molar-refractivity contribution in [1.82, 2.24) is 10.2 Å². The summed E-state index contributed by atoms with van der Waals surface area (Å²) in [5.74, 6) is -3.04. The minimum absolute atomic E-state index is 0.0570. The Morgan fingerprint density at radius 3 is 2.15 bits per heavy atom. The molecule has 2 heterocycles. The highest BCUT2D eigenvalue weighted by atomic mass is 16.4. The summed E-state index contributed by atoms with van der Waals surface area (Å²) in [6.07, 6.45) is 0. The van der Waals surface area contributed by atoms with Crippen LogP contribution >= 0.6 is 0 Å². The van der Waals surface area contributed by atoms with Crippen molar-refractivity contribution < 1.29 is 28.7 Å². The van der Waals surface area contributed by atoms with E-state index in [2.05, 4.69) is 5.32 Å². The second-order valence-electron chi connectivity index (χ2n) is 6.50. The number of aromatic carboxylic acids is 1. The summed E-state index contributed by atoms with van der Waals surface area (Å²) in [6.45, 7) is 3.42. The smallest absolute Gasteiger partial charge is 0.371 e. The molecule has 3 rings (SSSR count). The van der Waals surface area contributed by atoms with E-state index in [0.717, 1.165) is 4.90 Å². The second-order valence-corrected chi connectivity index (χ2v) is 6.50. The van der Waals surface area contributed by atoms with Crippen molar-refractivity contribution in [3.63, 3.8) is 0 Å². The number of rotatable bonds is 6. The first-order valence-corrected chi connectivity index (χ1v) is 8.38. The molecular formula is C19H18N2O6. The molecule has 1 atom stereocenters. The van der Waals surface area contributed by atoms with Crippen LogP contribution < -0.4 is 5.32 Å². The van der Waals surface area contributed by atoms with Gasteiger partial charge < -0.3 is 14.8 Å². The SMILES string of the molecule is CC(C)C(C(=O)NCc1ccc(C(=O)O)o1)N1C(=O)c2ccccc2C1=O. The highest BCUT2D eigenvalue weighted by Gasteiger charge is 2.43. The summed E-state index contributed by atoms with van der Waals surface area (Å²) in [5, 5.41) is 11.5. The first kappa shape index (κ1) is 18.4. The number of carbonyl (C=O) groups excluding carboxylic acids is 3. The number of benzene rings is 1. The highest BCUT2D eigenvalue weighted by Crippen LogP contribution is 2.27. The van der Waals surface area contributed by atoms with Gasteiger partial charge in [0.05, 0.1) is 17.7 Å². The zero-order chi connectivity index (χ0) is 19.7. The third kappa shape index (κ3) is 3.33. The van der Waals surface area contributed by atoms with Gasteiger partial charge in [0.2, 0.25) is 11.7 Å². The van der Waals surface area contributed by atoms with E-state index in [0.29, 0.717) is 0 Å². The first-order chi connectivity index (χ1) is 12.8. The Kier molecular flexibility index (Phi) is 4.81. The minimum Gasteiger partial charge on any atom is -0.475 e. The van der Waals surface area contributed by atoms with Crippen LogP contribution in [0.3, 0.4) is 0 Å². The number of fused-ring (bicyclic) bond motifs is 1. The van der Waals surface area contributed by atoms with Crippen molar-refractivity contribution in [2.24, 2.45) is 5.92 Å². The lowest BCUT2D eigenvalue weighted by Gasteiger charge is -2.28. The van der Waals surface area contributed by atoms with Crippen LogP contribution in [0, 0.1) is 5.92 Å². The lowest BCUT2D eigenvalue weighted by atomic mass is 10.0. The van der Waals surface area contributed by atoms with E-state index in [9.17, 15) is 19.2 Å². The molecule has 1 unspecified atom stereocenters. The predicted octanol–water partition coefficient (Wildman–Crippen LogP) is 1.91. The van der Waals surface area contributed by atoms with Gasteiger partial charge in [-0.2, -0.15) is 0 Å². The fourth-order valence-electron chi connectivity index (χ4n) is 3.05. The first-order valence-electron chi connectivity index (χ1n) is 8.38. The molecule has 1 aliphatic rings. The number of carboxylic acid groups (broad SMARTS) is 1. The van der Waals surface area contributed by atoms with Crippen LogP contribution in [0.1, 0.15) is 50.9 Å². The maximum absolute atomic E-state index is 12.7. The summed E-state index contributed by atoms with van der Waals surface area (Å²) in [4.78, 5) is 49.8. The number of carboxylic acids is 1. The number of nitrogens with one attached hydrogen (secondary N) is 1. The number of hydrogen-bond donors (Lipinski definition) is 2. The van der Waals surface area contributed by atoms with Crippen LogP contribution in [-0.4, -0.2) is 39.7 Å². The van der Waals surface area contributed by atoms with E-state index in [-0.39, 0.29) is 35.1 Å². The molecule has 0 saturated heterocycles. The molecule has 0 aliphatic carbocycles. The molecule has 0 fully saturated rings. The molecule has 0 saturated carbocycles. The standard InChI is InChI=1S/C19H18N2O6/c1-10(2)15(16(22)20-9-11-7-8-14(27-11)19(25)26)21-17(23)12-5-3-4-6-13(12)18(21)24/h3-8,10,15H,9H2,1-2H3,(H,20,22)(H,25,26). The Morgan fingerprint density at radius 1 is 1.07 bits per heavy atom. The van der Waals surface area contributed by atoms with Crippen molar-refractivity contribution in [3.05, 3.63) is 59.0 Å². The molecule has 1 aromatic carbocycles. The Morgan fingerprint density at radius 2 is 1.67 bits per heavy atom. The van der Waals surface area contributed by atoms with Crippen LogP contribution in [-0.2, 0) is 11.3 Å². The molecule has 140 valence electrons. The third-order valence-corrected chi connectivity index (χ3v) is 4.31. The van der Waals surface area contributed by atoms with E-state index in [1.807, 2.05) is 0 Å².